The summed E-state index contributed by atoms with van der Waals surface area (Å²) in [6.07, 6.45) is 1.64. The zero-order valence-electron chi connectivity index (χ0n) is 11.2. The molecule has 18 heavy (non-hydrogen) atoms. The molecule has 1 unspecified atom stereocenters. The Balaban J connectivity index is 2.48. The molecule has 0 bridgehead atoms. The third-order valence-electron chi connectivity index (χ3n) is 3.22. The molecule has 0 saturated heterocycles. The topological polar surface area (TPSA) is 39.1 Å². The number of hydrogen-bond donors (Lipinski definition) is 1. The van der Waals surface area contributed by atoms with Crippen molar-refractivity contribution in [3.05, 3.63) is 30.1 Å². The molecule has 0 fully saturated rings. The van der Waals surface area contributed by atoms with Gasteiger partial charge in [-0.2, -0.15) is 5.26 Å². The summed E-state index contributed by atoms with van der Waals surface area (Å²) in [6, 6.07) is 8.79. The molecular weight excluding hydrogens is 229 g/mol. The number of rotatable bonds is 6. The number of halogens is 1. The Labute approximate surface area is 108 Å². The minimum Gasteiger partial charge on any atom is -0.375 e. The SMILES string of the molecule is CNC(C)(C#N)CCCN(C)c1cccc(F)c1. The van der Waals surface area contributed by atoms with Crippen LogP contribution in [0.4, 0.5) is 10.1 Å². The van der Waals surface area contributed by atoms with E-state index in [0.29, 0.717) is 0 Å². The minimum absolute atomic E-state index is 0.226. The first-order valence-corrected chi connectivity index (χ1v) is 6.07. The van der Waals surface area contributed by atoms with E-state index in [2.05, 4.69) is 11.4 Å². The van der Waals surface area contributed by atoms with Gasteiger partial charge < -0.3 is 10.2 Å². The van der Waals surface area contributed by atoms with E-state index in [9.17, 15) is 4.39 Å². The van der Waals surface area contributed by atoms with Crippen LogP contribution in [0.25, 0.3) is 0 Å². The van der Waals surface area contributed by atoms with Gasteiger partial charge in [-0.15, -0.1) is 0 Å². The summed E-state index contributed by atoms with van der Waals surface area (Å²) in [5.41, 5.74) is 0.376. The summed E-state index contributed by atoms with van der Waals surface area (Å²) >= 11 is 0. The Morgan fingerprint density at radius 3 is 2.78 bits per heavy atom. The lowest BCUT2D eigenvalue weighted by Crippen LogP contribution is -2.38. The number of hydrogen-bond acceptors (Lipinski definition) is 3. The Kier molecular flexibility index (Phi) is 5.11. The summed E-state index contributed by atoms with van der Waals surface area (Å²) in [5.74, 6) is -0.226. The Morgan fingerprint density at radius 1 is 1.50 bits per heavy atom. The highest BCUT2D eigenvalue weighted by Gasteiger charge is 2.20. The predicted molar refractivity (Wildman–Crippen MR) is 72.0 cm³/mol. The van der Waals surface area contributed by atoms with E-state index in [-0.39, 0.29) is 5.82 Å². The normalized spacial score (nSPS) is 13.7. The molecule has 1 atom stereocenters. The van der Waals surface area contributed by atoms with E-state index in [0.717, 1.165) is 25.1 Å². The van der Waals surface area contributed by atoms with E-state index in [1.165, 1.54) is 12.1 Å². The summed E-state index contributed by atoms with van der Waals surface area (Å²) in [4.78, 5) is 2.00. The minimum atomic E-state index is -0.483. The second-order valence-corrected chi connectivity index (χ2v) is 4.70. The Hall–Kier alpha value is -1.60. The number of benzene rings is 1. The van der Waals surface area contributed by atoms with Gasteiger partial charge in [-0.05, 0) is 45.0 Å². The number of nitrogens with zero attached hydrogens (tertiary/aromatic N) is 2. The average molecular weight is 249 g/mol. The molecule has 0 heterocycles. The maximum absolute atomic E-state index is 13.1. The van der Waals surface area contributed by atoms with Crippen molar-refractivity contribution in [1.29, 1.82) is 5.26 Å². The van der Waals surface area contributed by atoms with Crippen LogP contribution >= 0.6 is 0 Å². The van der Waals surface area contributed by atoms with Crippen molar-refractivity contribution in [2.45, 2.75) is 25.3 Å². The molecule has 0 aliphatic heterocycles. The summed E-state index contributed by atoms with van der Waals surface area (Å²) in [6.45, 7) is 2.68. The predicted octanol–water partition coefficient (Wildman–Crippen LogP) is 2.54. The van der Waals surface area contributed by atoms with E-state index >= 15 is 0 Å². The van der Waals surface area contributed by atoms with Crippen LogP contribution in [0.15, 0.2) is 24.3 Å². The van der Waals surface area contributed by atoms with Crippen molar-refractivity contribution < 1.29 is 4.39 Å². The summed E-state index contributed by atoms with van der Waals surface area (Å²) < 4.78 is 13.1. The van der Waals surface area contributed by atoms with Crippen LogP contribution in [-0.2, 0) is 0 Å². The van der Waals surface area contributed by atoms with E-state index in [1.807, 2.05) is 24.9 Å². The van der Waals surface area contributed by atoms with Crippen molar-refractivity contribution in [3.63, 3.8) is 0 Å². The van der Waals surface area contributed by atoms with Gasteiger partial charge in [0.25, 0.3) is 0 Å². The van der Waals surface area contributed by atoms with Gasteiger partial charge in [0.05, 0.1) is 6.07 Å². The molecule has 1 aromatic carbocycles. The first-order valence-electron chi connectivity index (χ1n) is 6.07. The second kappa shape index (κ2) is 6.36. The summed E-state index contributed by atoms with van der Waals surface area (Å²) in [5, 5.41) is 12.0. The van der Waals surface area contributed by atoms with E-state index < -0.39 is 5.54 Å². The molecule has 0 amide bonds. The molecule has 0 aliphatic carbocycles. The van der Waals surface area contributed by atoms with Gasteiger partial charge in [0.2, 0.25) is 0 Å². The smallest absolute Gasteiger partial charge is 0.125 e. The summed E-state index contributed by atoms with van der Waals surface area (Å²) in [7, 11) is 3.72. The van der Waals surface area contributed by atoms with Gasteiger partial charge in [0.15, 0.2) is 0 Å². The fraction of sp³-hybridized carbons (Fsp3) is 0.500. The highest BCUT2D eigenvalue weighted by molar-refractivity contribution is 5.45. The lowest BCUT2D eigenvalue weighted by Gasteiger charge is -2.24. The molecule has 0 radical (unpaired) electrons. The molecular formula is C14H20FN3. The maximum Gasteiger partial charge on any atom is 0.125 e. The van der Waals surface area contributed by atoms with Crippen molar-refractivity contribution in [2.75, 3.05) is 25.5 Å². The molecule has 3 nitrogen and oxygen atoms in total. The van der Waals surface area contributed by atoms with Crippen LogP contribution in [0.3, 0.4) is 0 Å². The van der Waals surface area contributed by atoms with Crippen molar-refractivity contribution in [2.24, 2.45) is 0 Å². The molecule has 1 aromatic rings. The molecule has 0 saturated carbocycles. The fourth-order valence-electron chi connectivity index (χ4n) is 1.75. The van der Waals surface area contributed by atoms with Gasteiger partial charge in [-0.3, -0.25) is 0 Å². The van der Waals surface area contributed by atoms with Crippen LogP contribution in [0.2, 0.25) is 0 Å². The first kappa shape index (κ1) is 14.5. The standard InChI is InChI=1S/C14H20FN3/c1-14(11-16,17-2)8-5-9-18(3)13-7-4-6-12(15)10-13/h4,6-7,10,17H,5,8-9H2,1-3H3. The Bertz CT molecular complexity index is 427. The molecule has 98 valence electrons. The van der Waals surface area contributed by atoms with Crippen molar-refractivity contribution in [1.82, 2.24) is 5.32 Å². The number of anilines is 1. The van der Waals surface area contributed by atoms with Crippen LogP contribution in [0, 0.1) is 17.1 Å². The third-order valence-corrected chi connectivity index (χ3v) is 3.22. The van der Waals surface area contributed by atoms with Gasteiger partial charge in [-0.1, -0.05) is 6.07 Å². The monoisotopic (exact) mass is 249 g/mol. The maximum atomic E-state index is 13.1. The molecule has 0 aromatic heterocycles. The molecule has 1 N–H and O–H groups in total. The van der Waals surface area contributed by atoms with Gasteiger partial charge in [-0.25, -0.2) is 4.39 Å². The number of nitriles is 1. The average Bonchev–Trinajstić information content (AvgIpc) is 2.38. The number of nitrogens with one attached hydrogen (secondary N) is 1. The van der Waals surface area contributed by atoms with Crippen molar-refractivity contribution in [3.8, 4) is 6.07 Å². The van der Waals surface area contributed by atoms with E-state index in [1.54, 1.807) is 13.1 Å². The zero-order chi connectivity index (χ0) is 13.6. The van der Waals surface area contributed by atoms with Gasteiger partial charge >= 0.3 is 0 Å². The lowest BCUT2D eigenvalue weighted by atomic mass is 9.98. The van der Waals surface area contributed by atoms with Gasteiger partial charge in [0.1, 0.15) is 11.4 Å². The Morgan fingerprint density at radius 2 is 2.22 bits per heavy atom. The first-order chi connectivity index (χ1) is 8.50. The largest absolute Gasteiger partial charge is 0.375 e. The molecule has 0 aliphatic rings. The molecule has 4 heteroatoms. The zero-order valence-corrected chi connectivity index (χ0v) is 11.2. The second-order valence-electron chi connectivity index (χ2n) is 4.70. The highest BCUT2D eigenvalue weighted by Crippen LogP contribution is 2.16. The van der Waals surface area contributed by atoms with Crippen LogP contribution in [0.5, 0.6) is 0 Å². The molecule has 1 rings (SSSR count). The van der Waals surface area contributed by atoms with Crippen molar-refractivity contribution >= 4 is 5.69 Å². The van der Waals surface area contributed by atoms with E-state index in [4.69, 9.17) is 5.26 Å². The quantitative estimate of drug-likeness (QED) is 0.842. The lowest BCUT2D eigenvalue weighted by molar-refractivity contribution is 0.442. The van der Waals surface area contributed by atoms with Crippen LogP contribution in [-0.4, -0.2) is 26.2 Å². The highest BCUT2D eigenvalue weighted by atomic mass is 19.1. The van der Waals surface area contributed by atoms with Gasteiger partial charge in [0, 0.05) is 19.3 Å². The van der Waals surface area contributed by atoms with Crippen LogP contribution < -0.4 is 10.2 Å². The molecule has 0 spiro atoms. The third kappa shape index (κ3) is 4.01. The van der Waals surface area contributed by atoms with Crippen LogP contribution in [0.1, 0.15) is 19.8 Å². The fourth-order valence-corrected chi connectivity index (χ4v) is 1.75.